The van der Waals surface area contributed by atoms with Gasteiger partial charge >= 0.3 is 0 Å². The molecule has 0 atom stereocenters. The Bertz CT molecular complexity index is 308. The number of aromatic nitrogens is 1. The molecule has 0 fully saturated rings. The van der Waals surface area contributed by atoms with Gasteiger partial charge in [-0.05, 0) is 19.9 Å². The fraction of sp³-hybridized carbons (Fsp3) is 0.222. The molecule has 3 heteroatoms. The lowest BCUT2D eigenvalue weighted by Gasteiger charge is -2.06. The third-order valence-corrected chi connectivity index (χ3v) is 2.04. The van der Waals surface area contributed by atoms with Crippen molar-refractivity contribution < 1.29 is 0 Å². The molecular formula is C9H9Cl2N. The van der Waals surface area contributed by atoms with E-state index in [-0.39, 0.29) is 0 Å². The summed E-state index contributed by atoms with van der Waals surface area (Å²) in [5, 5.41) is 1.05. The monoisotopic (exact) mass is 201 g/mol. The van der Waals surface area contributed by atoms with Crippen molar-refractivity contribution in [1.29, 1.82) is 0 Å². The maximum Gasteiger partial charge on any atom is 0.0529 e. The predicted molar refractivity (Wildman–Crippen MR) is 53.6 cm³/mol. The Morgan fingerprint density at radius 1 is 1.50 bits per heavy atom. The molecule has 0 unspecified atom stereocenters. The quantitative estimate of drug-likeness (QED) is 0.678. The zero-order valence-electron chi connectivity index (χ0n) is 6.99. The maximum absolute atomic E-state index is 5.94. The molecule has 1 heterocycles. The van der Waals surface area contributed by atoms with Crippen molar-refractivity contribution in [3.8, 4) is 0 Å². The maximum atomic E-state index is 5.94. The van der Waals surface area contributed by atoms with Crippen molar-refractivity contribution in [1.82, 2.24) is 4.98 Å². The Morgan fingerprint density at radius 3 is 2.50 bits per heavy atom. The van der Waals surface area contributed by atoms with Gasteiger partial charge in [-0.25, -0.2) is 0 Å². The predicted octanol–water partition coefficient (Wildman–Crippen LogP) is 3.56. The standard InChI is InChI=1S/C9H9Cl2N/c1-5-4-8(11)9(6(2)10)7(3)12-5/h4H,2H2,1,3H3. The highest BCUT2D eigenvalue weighted by atomic mass is 35.5. The summed E-state index contributed by atoms with van der Waals surface area (Å²) < 4.78 is 0. The molecule has 0 saturated carbocycles. The second kappa shape index (κ2) is 3.46. The van der Waals surface area contributed by atoms with Crippen LogP contribution in [0, 0.1) is 13.8 Å². The van der Waals surface area contributed by atoms with Crippen molar-refractivity contribution in [3.05, 3.63) is 34.6 Å². The largest absolute Gasteiger partial charge is 0.258 e. The first-order valence-electron chi connectivity index (χ1n) is 3.51. The van der Waals surface area contributed by atoms with Crippen LogP contribution >= 0.6 is 23.2 Å². The average molecular weight is 202 g/mol. The van der Waals surface area contributed by atoms with Gasteiger partial charge in [-0.2, -0.15) is 0 Å². The number of halogens is 2. The summed E-state index contributed by atoms with van der Waals surface area (Å²) in [6.07, 6.45) is 0. The normalized spacial score (nSPS) is 10.0. The van der Waals surface area contributed by atoms with Gasteiger partial charge in [0.05, 0.1) is 5.02 Å². The van der Waals surface area contributed by atoms with Crippen molar-refractivity contribution in [3.63, 3.8) is 0 Å². The molecule has 1 rings (SSSR count). The van der Waals surface area contributed by atoms with Crippen molar-refractivity contribution >= 4 is 28.2 Å². The van der Waals surface area contributed by atoms with Crippen LogP contribution in [0.3, 0.4) is 0 Å². The van der Waals surface area contributed by atoms with Crippen molar-refractivity contribution in [2.45, 2.75) is 13.8 Å². The average Bonchev–Trinajstić information content (AvgIpc) is 1.82. The van der Waals surface area contributed by atoms with E-state index >= 15 is 0 Å². The Balaban J connectivity index is 3.38. The number of rotatable bonds is 1. The molecule has 64 valence electrons. The van der Waals surface area contributed by atoms with E-state index in [1.807, 2.05) is 13.8 Å². The molecular weight excluding hydrogens is 193 g/mol. The van der Waals surface area contributed by atoms with E-state index in [2.05, 4.69) is 11.6 Å². The summed E-state index contributed by atoms with van der Waals surface area (Å²) in [7, 11) is 0. The van der Waals surface area contributed by atoms with Crippen LogP contribution in [0.2, 0.25) is 5.02 Å². The van der Waals surface area contributed by atoms with Crippen LogP contribution in [0.25, 0.3) is 5.03 Å². The molecule has 0 N–H and O–H groups in total. The molecule has 0 aliphatic heterocycles. The first-order valence-corrected chi connectivity index (χ1v) is 4.26. The van der Waals surface area contributed by atoms with Gasteiger partial charge < -0.3 is 0 Å². The van der Waals surface area contributed by atoms with Gasteiger partial charge in [-0.3, -0.25) is 4.98 Å². The van der Waals surface area contributed by atoms with Crippen LogP contribution in [-0.2, 0) is 0 Å². The second-order valence-corrected chi connectivity index (χ2v) is 3.47. The summed E-state index contributed by atoms with van der Waals surface area (Å²) in [6.45, 7) is 7.37. The summed E-state index contributed by atoms with van der Waals surface area (Å²) in [4.78, 5) is 4.23. The second-order valence-electron chi connectivity index (χ2n) is 2.61. The molecule has 0 aliphatic rings. The highest BCUT2D eigenvalue weighted by molar-refractivity contribution is 6.50. The van der Waals surface area contributed by atoms with E-state index in [1.54, 1.807) is 6.07 Å². The van der Waals surface area contributed by atoms with E-state index in [0.29, 0.717) is 10.1 Å². The van der Waals surface area contributed by atoms with Gasteiger partial charge in [-0.15, -0.1) is 0 Å². The van der Waals surface area contributed by atoms with Crippen molar-refractivity contribution in [2.24, 2.45) is 0 Å². The van der Waals surface area contributed by atoms with Crippen LogP contribution in [0.1, 0.15) is 17.0 Å². The lowest BCUT2D eigenvalue weighted by molar-refractivity contribution is 1.11. The fourth-order valence-corrected chi connectivity index (χ4v) is 1.80. The van der Waals surface area contributed by atoms with Crippen LogP contribution in [0.15, 0.2) is 12.6 Å². The van der Waals surface area contributed by atoms with Crippen LogP contribution in [0.5, 0.6) is 0 Å². The summed E-state index contributed by atoms with van der Waals surface area (Å²) in [5.74, 6) is 0. The summed E-state index contributed by atoms with van der Waals surface area (Å²) >= 11 is 11.7. The van der Waals surface area contributed by atoms with Crippen LogP contribution in [-0.4, -0.2) is 4.98 Å². The van der Waals surface area contributed by atoms with Gasteiger partial charge in [0.15, 0.2) is 0 Å². The fourth-order valence-electron chi connectivity index (χ4n) is 1.11. The Labute approximate surface area is 82.0 Å². The van der Waals surface area contributed by atoms with Gasteiger partial charge in [0, 0.05) is 22.0 Å². The first-order chi connectivity index (χ1) is 5.52. The number of pyridine rings is 1. The van der Waals surface area contributed by atoms with E-state index in [9.17, 15) is 0 Å². The van der Waals surface area contributed by atoms with E-state index in [0.717, 1.165) is 17.0 Å². The van der Waals surface area contributed by atoms with Crippen molar-refractivity contribution in [2.75, 3.05) is 0 Å². The van der Waals surface area contributed by atoms with Gasteiger partial charge in [0.1, 0.15) is 0 Å². The van der Waals surface area contributed by atoms with E-state index in [1.165, 1.54) is 0 Å². The molecule has 0 radical (unpaired) electrons. The minimum atomic E-state index is 0.435. The Hall–Kier alpha value is -0.530. The van der Waals surface area contributed by atoms with Gasteiger partial charge in [0.25, 0.3) is 0 Å². The molecule has 0 spiro atoms. The topological polar surface area (TPSA) is 12.9 Å². The molecule has 0 amide bonds. The number of aryl methyl sites for hydroxylation is 2. The molecule has 0 aliphatic carbocycles. The molecule has 0 aromatic carbocycles. The third kappa shape index (κ3) is 1.79. The Morgan fingerprint density at radius 2 is 2.08 bits per heavy atom. The van der Waals surface area contributed by atoms with Crippen LogP contribution < -0.4 is 0 Å². The molecule has 1 nitrogen and oxygen atoms in total. The molecule has 0 bridgehead atoms. The Kier molecular flexibility index (Phi) is 2.76. The minimum Gasteiger partial charge on any atom is -0.258 e. The zero-order chi connectivity index (χ0) is 9.30. The molecule has 1 aromatic rings. The first kappa shape index (κ1) is 9.56. The minimum absolute atomic E-state index is 0.435. The van der Waals surface area contributed by atoms with E-state index in [4.69, 9.17) is 23.2 Å². The smallest absolute Gasteiger partial charge is 0.0529 e. The summed E-state index contributed by atoms with van der Waals surface area (Å²) in [6, 6.07) is 1.78. The SMILES string of the molecule is C=C(Cl)c1c(Cl)cc(C)nc1C. The zero-order valence-corrected chi connectivity index (χ0v) is 8.50. The lowest BCUT2D eigenvalue weighted by Crippen LogP contribution is -1.92. The van der Waals surface area contributed by atoms with Crippen LogP contribution in [0.4, 0.5) is 0 Å². The highest BCUT2D eigenvalue weighted by Crippen LogP contribution is 2.27. The molecule has 1 aromatic heterocycles. The van der Waals surface area contributed by atoms with E-state index < -0.39 is 0 Å². The van der Waals surface area contributed by atoms with Gasteiger partial charge in [-0.1, -0.05) is 29.8 Å². The summed E-state index contributed by atoms with van der Waals surface area (Å²) in [5.41, 5.74) is 2.45. The number of hydrogen-bond donors (Lipinski definition) is 0. The number of hydrogen-bond acceptors (Lipinski definition) is 1. The number of nitrogens with zero attached hydrogens (tertiary/aromatic N) is 1. The third-order valence-electron chi connectivity index (χ3n) is 1.55. The van der Waals surface area contributed by atoms with Gasteiger partial charge in [0.2, 0.25) is 0 Å². The highest BCUT2D eigenvalue weighted by Gasteiger charge is 2.07. The molecule has 0 saturated heterocycles. The lowest BCUT2D eigenvalue weighted by atomic mass is 10.2. The molecule has 12 heavy (non-hydrogen) atoms.